The van der Waals surface area contributed by atoms with Crippen molar-refractivity contribution in [3.05, 3.63) is 63.1 Å². The molecule has 3 aromatic rings. The van der Waals surface area contributed by atoms with Gasteiger partial charge in [0.25, 0.3) is 0 Å². The van der Waals surface area contributed by atoms with Crippen molar-refractivity contribution < 1.29 is 14.0 Å². The first kappa shape index (κ1) is 19.2. The van der Waals surface area contributed by atoms with Crippen molar-refractivity contribution in [1.82, 2.24) is 10.2 Å². The van der Waals surface area contributed by atoms with Gasteiger partial charge in [0.1, 0.15) is 11.3 Å². The van der Waals surface area contributed by atoms with Gasteiger partial charge in [0.05, 0.1) is 12.5 Å². The van der Waals surface area contributed by atoms with E-state index in [9.17, 15) is 14.4 Å². The standard InChI is InChI=1S/C21H21N3O4S/c25-19(23-17-11-14-5-1-2-8-18(14)28-20(17)26)15-6-3-9-24(13-15)21(27)22-12-16-7-4-10-29-16/h1-2,4-5,7-8,10-11,15H,3,6,9,12-13H2,(H,22,27)(H,23,25). The number of piperidine rings is 1. The monoisotopic (exact) mass is 411 g/mol. The van der Waals surface area contributed by atoms with Crippen LogP contribution in [0.15, 0.2) is 57.1 Å². The van der Waals surface area contributed by atoms with Crippen molar-refractivity contribution in [1.29, 1.82) is 0 Å². The summed E-state index contributed by atoms with van der Waals surface area (Å²) in [6.45, 7) is 1.40. The molecule has 150 valence electrons. The quantitative estimate of drug-likeness (QED) is 0.644. The van der Waals surface area contributed by atoms with Crippen LogP contribution in [0.1, 0.15) is 17.7 Å². The van der Waals surface area contributed by atoms with Gasteiger partial charge < -0.3 is 20.0 Å². The summed E-state index contributed by atoms with van der Waals surface area (Å²) in [6, 6.07) is 12.5. The number of urea groups is 1. The van der Waals surface area contributed by atoms with Crippen molar-refractivity contribution >= 4 is 39.9 Å². The molecule has 1 atom stereocenters. The van der Waals surface area contributed by atoms with Crippen molar-refractivity contribution in [3.63, 3.8) is 0 Å². The Morgan fingerprint density at radius 3 is 2.90 bits per heavy atom. The molecule has 0 saturated carbocycles. The minimum absolute atomic E-state index is 0.118. The van der Waals surface area contributed by atoms with Gasteiger partial charge in [-0.1, -0.05) is 24.3 Å². The van der Waals surface area contributed by atoms with Crippen molar-refractivity contribution in [3.8, 4) is 0 Å². The fourth-order valence-corrected chi connectivity index (χ4v) is 4.09. The average Bonchev–Trinajstić information content (AvgIpc) is 3.26. The second kappa shape index (κ2) is 8.48. The lowest BCUT2D eigenvalue weighted by molar-refractivity contribution is -0.121. The Bertz CT molecular complexity index is 1080. The molecule has 0 radical (unpaired) electrons. The summed E-state index contributed by atoms with van der Waals surface area (Å²) in [5, 5.41) is 8.28. The van der Waals surface area contributed by atoms with Crippen molar-refractivity contribution in [2.24, 2.45) is 5.92 Å². The summed E-state index contributed by atoms with van der Waals surface area (Å²) >= 11 is 1.58. The van der Waals surface area contributed by atoms with Gasteiger partial charge in [-0.3, -0.25) is 4.79 Å². The highest BCUT2D eigenvalue weighted by Gasteiger charge is 2.29. The predicted octanol–water partition coefficient (Wildman–Crippen LogP) is 3.41. The number of carbonyl (C=O) groups is 2. The zero-order valence-electron chi connectivity index (χ0n) is 15.7. The number of benzene rings is 1. The highest BCUT2D eigenvalue weighted by atomic mass is 32.1. The molecule has 1 saturated heterocycles. The molecule has 7 nitrogen and oxygen atoms in total. The van der Waals surface area contributed by atoms with E-state index in [0.29, 0.717) is 31.6 Å². The highest BCUT2D eigenvalue weighted by molar-refractivity contribution is 7.09. The van der Waals surface area contributed by atoms with Gasteiger partial charge in [-0.15, -0.1) is 11.3 Å². The van der Waals surface area contributed by atoms with Crippen molar-refractivity contribution in [2.75, 3.05) is 18.4 Å². The zero-order chi connectivity index (χ0) is 20.2. The molecular formula is C21H21N3O4S. The summed E-state index contributed by atoms with van der Waals surface area (Å²) in [5.74, 6) is -0.648. The van der Waals surface area contributed by atoms with Gasteiger partial charge in [-0.2, -0.15) is 0 Å². The molecule has 0 aliphatic carbocycles. The first-order valence-electron chi connectivity index (χ1n) is 9.49. The van der Waals surface area contributed by atoms with Gasteiger partial charge in [0.2, 0.25) is 5.91 Å². The van der Waals surface area contributed by atoms with E-state index in [1.807, 2.05) is 29.6 Å². The molecule has 1 aromatic carbocycles. The fourth-order valence-electron chi connectivity index (χ4n) is 3.45. The summed E-state index contributed by atoms with van der Waals surface area (Å²) in [6.07, 6.45) is 1.40. The Balaban J connectivity index is 1.39. The number of likely N-dealkylation sites (tertiary alicyclic amines) is 1. The summed E-state index contributed by atoms with van der Waals surface area (Å²) < 4.78 is 5.26. The number of anilines is 1. The Hall–Kier alpha value is -3.13. The lowest BCUT2D eigenvalue weighted by Gasteiger charge is -2.32. The van der Waals surface area contributed by atoms with Crippen LogP contribution in [0.2, 0.25) is 0 Å². The molecule has 1 fully saturated rings. The number of para-hydroxylation sites is 1. The maximum atomic E-state index is 12.7. The van der Waals surface area contributed by atoms with Gasteiger partial charge in [-0.25, -0.2) is 9.59 Å². The molecule has 3 heterocycles. The van der Waals surface area contributed by atoms with Gasteiger partial charge in [0.15, 0.2) is 0 Å². The number of hydrogen-bond acceptors (Lipinski definition) is 5. The van der Waals surface area contributed by atoms with E-state index in [0.717, 1.165) is 16.7 Å². The fraction of sp³-hybridized carbons (Fsp3) is 0.286. The van der Waals surface area contributed by atoms with Gasteiger partial charge in [-0.05, 0) is 36.4 Å². The minimum Gasteiger partial charge on any atom is -0.421 e. The summed E-state index contributed by atoms with van der Waals surface area (Å²) in [5.41, 5.74) is 0.00753. The minimum atomic E-state index is -0.585. The Morgan fingerprint density at radius 1 is 1.21 bits per heavy atom. The van der Waals surface area contributed by atoms with Gasteiger partial charge in [0, 0.05) is 23.4 Å². The molecular weight excluding hydrogens is 390 g/mol. The number of nitrogens with one attached hydrogen (secondary N) is 2. The second-order valence-electron chi connectivity index (χ2n) is 7.00. The first-order valence-corrected chi connectivity index (χ1v) is 10.4. The molecule has 1 aliphatic heterocycles. The first-order chi connectivity index (χ1) is 14.1. The summed E-state index contributed by atoms with van der Waals surface area (Å²) in [7, 11) is 0. The third-order valence-electron chi connectivity index (χ3n) is 4.97. The van der Waals surface area contributed by atoms with Crippen LogP contribution in [-0.4, -0.2) is 29.9 Å². The third-order valence-corrected chi connectivity index (χ3v) is 5.85. The molecule has 0 spiro atoms. The van der Waals surface area contributed by atoms with E-state index >= 15 is 0 Å². The molecule has 3 amide bonds. The third kappa shape index (κ3) is 4.48. The number of carbonyl (C=O) groups excluding carboxylic acids is 2. The number of rotatable bonds is 4. The smallest absolute Gasteiger partial charge is 0.360 e. The lowest BCUT2D eigenvalue weighted by Crippen LogP contribution is -2.47. The van der Waals surface area contributed by atoms with Crippen molar-refractivity contribution in [2.45, 2.75) is 19.4 Å². The van der Waals surface area contributed by atoms with E-state index in [-0.39, 0.29) is 23.5 Å². The molecule has 2 aromatic heterocycles. The molecule has 1 unspecified atom stereocenters. The molecule has 29 heavy (non-hydrogen) atoms. The van der Waals surface area contributed by atoms with E-state index in [1.54, 1.807) is 34.4 Å². The van der Waals surface area contributed by atoms with Crippen LogP contribution in [-0.2, 0) is 11.3 Å². The van der Waals surface area contributed by atoms with E-state index in [4.69, 9.17) is 4.42 Å². The average molecular weight is 411 g/mol. The molecule has 2 N–H and O–H groups in total. The number of amides is 3. The normalized spacial score (nSPS) is 16.6. The maximum Gasteiger partial charge on any atom is 0.360 e. The Labute approximate surface area is 171 Å². The number of fused-ring (bicyclic) bond motifs is 1. The largest absolute Gasteiger partial charge is 0.421 e. The highest BCUT2D eigenvalue weighted by Crippen LogP contribution is 2.20. The van der Waals surface area contributed by atoms with Crippen LogP contribution < -0.4 is 16.3 Å². The van der Waals surface area contributed by atoms with E-state index in [2.05, 4.69) is 10.6 Å². The van der Waals surface area contributed by atoms with Crippen LogP contribution >= 0.6 is 11.3 Å². The van der Waals surface area contributed by atoms with Crippen LogP contribution in [0.4, 0.5) is 10.5 Å². The van der Waals surface area contributed by atoms with Crippen LogP contribution in [0.25, 0.3) is 11.0 Å². The summed E-state index contributed by atoms with van der Waals surface area (Å²) in [4.78, 5) is 40.1. The van der Waals surface area contributed by atoms with E-state index < -0.39 is 5.63 Å². The number of nitrogens with zero attached hydrogens (tertiary/aromatic N) is 1. The Kier molecular flexibility index (Phi) is 5.62. The number of thiophene rings is 1. The van der Waals surface area contributed by atoms with Crippen LogP contribution in [0.5, 0.6) is 0 Å². The molecule has 0 bridgehead atoms. The molecule has 1 aliphatic rings. The zero-order valence-corrected chi connectivity index (χ0v) is 16.5. The van der Waals surface area contributed by atoms with E-state index in [1.165, 1.54) is 0 Å². The second-order valence-corrected chi connectivity index (χ2v) is 8.03. The van der Waals surface area contributed by atoms with Gasteiger partial charge >= 0.3 is 11.7 Å². The topological polar surface area (TPSA) is 91.7 Å². The molecule has 4 rings (SSSR count). The van der Waals surface area contributed by atoms with Crippen LogP contribution in [0, 0.1) is 5.92 Å². The lowest BCUT2D eigenvalue weighted by atomic mass is 9.97. The maximum absolute atomic E-state index is 12.7. The molecule has 8 heteroatoms. The predicted molar refractivity (Wildman–Crippen MR) is 112 cm³/mol. The Morgan fingerprint density at radius 2 is 2.07 bits per heavy atom. The number of hydrogen-bond donors (Lipinski definition) is 2. The SMILES string of the molecule is O=C(Nc1cc2ccccc2oc1=O)C1CCCN(C(=O)NCc2cccs2)C1. The van der Waals surface area contributed by atoms with Crippen LogP contribution in [0.3, 0.4) is 0 Å².